The van der Waals surface area contributed by atoms with E-state index in [4.69, 9.17) is 16.2 Å². The molecule has 0 radical (unpaired) electrons. The molecule has 0 unspecified atom stereocenters. The van der Waals surface area contributed by atoms with E-state index in [0.717, 1.165) is 0 Å². The van der Waals surface area contributed by atoms with Crippen molar-refractivity contribution in [3.05, 3.63) is 36.0 Å². The number of carbonyl (C=O) groups excluding carboxylic acids is 11. The average Bonchev–Trinajstić information content (AvgIpc) is 3.72. The van der Waals surface area contributed by atoms with E-state index in [9.17, 15) is 57.8 Å². The molecule has 11 amide bonds. The molecule has 2 aromatic rings. The number of primary amides is 2. The average molecular weight is 1080 g/mol. The Kier molecular flexibility index (Phi) is 26.0. The minimum atomic E-state index is -1.62. The second-order valence-corrected chi connectivity index (χ2v) is 20.9. The normalized spacial score (nSPS) is 15.0. The smallest absolute Gasteiger partial charge is 0.408 e. The van der Waals surface area contributed by atoms with Gasteiger partial charge in [0.2, 0.25) is 59.1 Å². The van der Waals surface area contributed by atoms with Gasteiger partial charge in [-0.15, -0.1) is 0 Å². The number of rotatable bonds is 30. The van der Waals surface area contributed by atoms with E-state index in [2.05, 4.69) is 52.8 Å². The Balaban J connectivity index is 2.23. The van der Waals surface area contributed by atoms with Gasteiger partial charge in [-0.1, -0.05) is 45.9 Å². The zero-order chi connectivity index (χ0) is 56.9. The number of aliphatic hydroxyl groups excluding tert-OH is 1. The molecule has 0 bridgehead atoms. The number of nitrogens with one attached hydrogen (secondary N) is 10. The minimum absolute atomic E-state index is 0.0495. The first-order valence-corrected chi connectivity index (χ1v) is 26.0. The van der Waals surface area contributed by atoms with E-state index in [1.165, 1.54) is 32.5 Å². The number of aliphatic hydroxyl groups is 1. The van der Waals surface area contributed by atoms with E-state index in [1.54, 1.807) is 65.1 Å². The van der Waals surface area contributed by atoms with Gasteiger partial charge in [0.1, 0.15) is 53.9 Å². The molecule has 0 aliphatic carbocycles. The number of hydrogen-bond donors (Lipinski definition) is 13. The summed E-state index contributed by atoms with van der Waals surface area (Å²) in [6.45, 7) is 15.0. The van der Waals surface area contributed by atoms with Gasteiger partial charge in [0.25, 0.3) is 0 Å². The number of aromatic nitrogens is 1. The molecule has 15 N–H and O–H groups in total. The lowest BCUT2D eigenvalue weighted by Gasteiger charge is -2.28. The van der Waals surface area contributed by atoms with Crippen molar-refractivity contribution in [2.45, 2.75) is 161 Å². The Morgan fingerprint density at radius 1 is 0.653 bits per heavy atom. The lowest BCUT2D eigenvalue weighted by atomic mass is 10.0. The molecule has 0 aliphatic rings. The Morgan fingerprint density at radius 3 is 1.79 bits per heavy atom. The first-order valence-electron chi connectivity index (χ1n) is 24.6. The molecule has 0 aliphatic heterocycles. The largest absolute Gasteiger partial charge is 0.444 e. The number of amides is 11. The maximum absolute atomic E-state index is 14.1. The molecule has 1 heterocycles. The van der Waals surface area contributed by atoms with E-state index < -0.39 is 144 Å². The third kappa shape index (κ3) is 22.6. The van der Waals surface area contributed by atoms with Gasteiger partial charge < -0.3 is 74.1 Å². The molecule has 9 atom stereocenters. The zero-order valence-electron chi connectivity index (χ0n) is 44.6. The fourth-order valence-corrected chi connectivity index (χ4v) is 7.75. The van der Waals surface area contributed by atoms with Crippen LogP contribution in [-0.2, 0) is 59.1 Å². The van der Waals surface area contributed by atoms with E-state index in [0.29, 0.717) is 22.2 Å². The molecular weight excluding hydrogens is 997 g/mol. The van der Waals surface area contributed by atoms with Gasteiger partial charge in [0.05, 0.1) is 12.6 Å². The van der Waals surface area contributed by atoms with Crippen LogP contribution in [0.15, 0.2) is 30.5 Å². The van der Waals surface area contributed by atoms with Crippen molar-refractivity contribution in [1.29, 1.82) is 0 Å². The molecule has 0 fully saturated rings. The monoisotopic (exact) mass is 1070 g/mol. The number of aromatic amines is 1. The SMILES string of the molecule is CSCC[C@H](NC(=O)[C@H](CC(C)C)NC(=O)[C@@H](C)NC(=O)CNC(=O)[C@@H](NC(=O)[C@H](C)NC(=O)[C@H](Cc1c[nH]c2ccccc12)NC(=O)[C@H](CCC(N)=O)NC(=O)[C@@H](NC(=O)OC(C)(C)C)[C@@H](C)O)C(C)C)C(N)=O. The van der Waals surface area contributed by atoms with Gasteiger partial charge in [0, 0.05) is 29.9 Å². The number of H-pyrrole nitrogens is 1. The number of para-hydroxylation sites is 1. The van der Waals surface area contributed by atoms with Crippen LogP contribution in [-0.4, -0.2) is 154 Å². The van der Waals surface area contributed by atoms with Crippen LogP contribution < -0.4 is 59.3 Å². The van der Waals surface area contributed by atoms with Crippen molar-refractivity contribution < 1.29 is 62.6 Å². The summed E-state index contributed by atoms with van der Waals surface area (Å²) in [6.07, 6.45) is 0.509. The van der Waals surface area contributed by atoms with E-state index in [1.807, 2.05) is 20.1 Å². The number of carbonyl (C=O) groups is 11. The van der Waals surface area contributed by atoms with Crippen LogP contribution in [0.2, 0.25) is 0 Å². The van der Waals surface area contributed by atoms with Crippen LogP contribution in [0.5, 0.6) is 0 Å². The van der Waals surface area contributed by atoms with Crippen LogP contribution in [0.3, 0.4) is 0 Å². The van der Waals surface area contributed by atoms with Crippen molar-refractivity contribution in [3.63, 3.8) is 0 Å². The summed E-state index contributed by atoms with van der Waals surface area (Å²) >= 11 is 1.47. The Bertz CT molecular complexity index is 2340. The zero-order valence-corrected chi connectivity index (χ0v) is 45.4. The first-order chi connectivity index (χ1) is 34.9. The maximum Gasteiger partial charge on any atom is 0.408 e. The highest BCUT2D eigenvalue weighted by molar-refractivity contribution is 7.98. The second-order valence-electron chi connectivity index (χ2n) is 20.0. The topological polar surface area (TPSA) is 393 Å². The van der Waals surface area contributed by atoms with Crippen molar-refractivity contribution in [1.82, 2.24) is 52.8 Å². The summed E-state index contributed by atoms with van der Waals surface area (Å²) < 4.78 is 5.21. The van der Waals surface area contributed by atoms with E-state index >= 15 is 0 Å². The van der Waals surface area contributed by atoms with Crippen molar-refractivity contribution >= 4 is 87.8 Å². The fourth-order valence-electron chi connectivity index (χ4n) is 7.28. The number of ether oxygens (including phenoxy) is 1. The Labute approximate surface area is 441 Å². The molecule has 0 spiro atoms. The predicted molar refractivity (Wildman–Crippen MR) is 280 cm³/mol. The minimum Gasteiger partial charge on any atom is -0.444 e. The molecule has 2 rings (SSSR count). The number of alkyl carbamates (subject to hydrolysis) is 1. The summed E-state index contributed by atoms with van der Waals surface area (Å²) in [6, 6.07) is -3.26. The van der Waals surface area contributed by atoms with Crippen molar-refractivity contribution in [2.24, 2.45) is 23.3 Å². The summed E-state index contributed by atoms with van der Waals surface area (Å²) in [5, 5.41) is 33.6. The molecule has 0 saturated heterocycles. The van der Waals surface area contributed by atoms with Crippen LogP contribution in [0.4, 0.5) is 4.79 Å². The molecule has 1 aromatic carbocycles. The van der Waals surface area contributed by atoms with Gasteiger partial charge >= 0.3 is 6.09 Å². The summed E-state index contributed by atoms with van der Waals surface area (Å²) in [5.74, 6) is -8.19. The predicted octanol–water partition coefficient (Wildman–Crippen LogP) is -1.26. The third-order valence-corrected chi connectivity index (χ3v) is 11.9. The number of benzene rings is 1. The van der Waals surface area contributed by atoms with E-state index in [-0.39, 0.29) is 31.6 Å². The third-order valence-electron chi connectivity index (χ3n) is 11.3. The van der Waals surface area contributed by atoms with Crippen LogP contribution in [0.25, 0.3) is 10.9 Å². The number of thioether (sulfide) groups is 1. The van der Waals surface area contributed by atoms with Crippen LogP contribution in [0, 0.1) is 11.8 Å². The number of hydrogen-bond acceptors (Lipinski definition) is 14. The summed E-state index contributed by atoms with van der Waals surface area (Å²) in [7, 11) is 0. The van der Waals surface area contributed by atoms with Gasteiger partial charge in [-0.25, -0.2) is 4.79 Å². The number of fused-ring (bicyclic) bond motifs is 1. The standard InChI is InChI=1S/C49H78N12O13S/c1-24(2)20-34(45(70)56-32(40(51)65)18-19-75-11)58-41(66)26(5)54-37(64)23-53-46(71)38(25(3)4)60-42(67)27(6)55-44(69)35(21-29-22-52-31-15-13-12-14-30(29)31)59-43(68)33(16-17-36(50)63)57-47(72)39(28(7)62)61-48(73)74-49(8,9)10/h12-15,22,24-28,32-35,38-39,52,62H,16-21,23H2,1-11H3,(H2,50,63)(H2,51,65)(H,53,71)(H,54,64)(H,55,69)(H,56,70)(H,57,72)(H,58,66)(H,59,68)(H,60,67)(H,61,73)/t26-,27+,28-,32+,33+,34+,35+,38+,39+/m1/s1. The Hall–Kier alpha value is -6.96. The summed E-state index contributed by atoms with van der Waals surface area (Å²) in [5.41, 5.74) is 11.2. The molecule has 1 aromatic heterocycles. The lowest BCUT2D eigenvalue weighted by Crippen LogP contribution is -2.60. The molecular formula is C49H78N12O13S. The van der Waals surface area contributed by atoms with Crippen molar-refractivity contribution in [3.8, 4) is 0 Å². The highest BCUT2D eigenvalue weighted by Crippen LogP contribution is 2.20. The molecule has 0 saturated carbocycles. The molecule has 75 heavy (non-hydrogen) atoms. The summed E-state index contributed by atoms with van der Waals surface area (Å²) in [4.78, 5) is 148. The highest BCUT2D eigenvalue weighted by atomic mass is 32.2. The first kappa shape index (κ1) is 64.2. The number of nitrogens with two attached hydrogens (primary N) is 2. The van der Waals surface area contributed by atoms with Gasteiger partial charge in [-0.3, -0.25) is 47.9 Å². The Morgan fingerprint density at radius 2 is 1.21 bits per heavy atom. The molecule has 25 nitrogen and oxygen atoms in total. The van der Waals surface area contributed by atoms with Gasteiger partial charge in [0.15, 0.2) is 0 Å². The highest BCUT2D eigenvalue weighted by Gasteiger charge is 2.35. The fraction of sp³-hybridized carbons (Fsp3) is 0.612. The van der Waals surface area contributed by atoms with Gasteiger partial charge in [-0.2, -0.15) is 11.8 Å². The maximum atomic E-state index is 14.1. The van der Waals surface area contributed by atoms with Gasteiger partial charge in [-0.05, 0) is 96.3 Å². The van der Waals surface area contributed by atoms with Crippen molar-refractivity contribution in [2.75, 3.05) is 18.6 Å². The second kappa shape index (κ2) is 30.4. The van der Waals surface area contributed by atoms with Crippen LogP contribution >= 0.6 is 11.8 Å². The molecule has 26 heteroatoms. The quantitative estimate of drug-likeness (QED) is 0.0435. The molecule has 418 valence electrons. The van der Waals surface area contributed by atoms with Crippen LogP contribution in [0.1, 0.15) is 100 Å². The lowest BCUT2D eigenvalue weighted by molar-refractivity contribution is -0.135.